The lowest BCUT2D eigenvalue weighted by Crippen LogP contribution is -2.45. The summed E-state index contributed by atoms with van der Waals surface area (Å²) in [5.74, 6) is 0.336. The third kappa shape index (κ3) is 3.75. The second-order valence-electron chi connectivity index (χ2n) is 5.48. The summed E-state index contributed by atoms with van der Waals surface area (Å²) in [4.78, 5) is 10.3. The SMILES string of the molecule is CC(C)c1nc(CCN2CCN(C)CC2)sc1C#N. The molecule has 0 saturated carbocycles. The van der Waals surface area contributed by atoms with Crippen molar-refractivity contribution in [2.24, 2.45) is 0 Å². The van der Waals surface area contributed by atoms with E-state index in [-0.39, 0.29) is 0 Å². The molecule has 1 aliphatic rings. The number of nitrogens with zero attached hydrogens (tertiary/aromatic N) is 4. The molecule has 0 bridgehead atoms. The van der Waals surface area contributed by atoms with Gasteiger partial charge >= 0.3 is 0 Å². The van der Waals surface area contributed by atoms with E-state index in [1.807, 2.05) is 0 Å². The zero-order valence-corrected chi connectivity index (χ0v) is 12.8. The molecule has 104 valence electrons. The molecule has 5 heteroatoms. The molecule has 2 heterocycles. The van der Waals surface area contributed by atoms with E-state index in [0.29, 0.717) is 5.92 Å². The number of hydrogen-bond acceptors (Lipinski definition) is 5. The van der Waals surface area contributed by atoms with Crippen molar-refractivity contribution >= 4 is 11.3 Å². The van der Waals surface area contributed by atoms with Crippen LogP contribution in [0.1, 0.15) is 35.3 Å². The molecule has 1 aliphatic heterocycles. The minimum atomic E-state index is 0.336. The molecular weight excluding hydrogens is 256 g/mol. The van der Waals surface area contributed by atoms with Gasteiger partial charge in [0.25, 0.3) is 0 Å². The van der Waals surface area contributed by atoms with Crippen molar-refractivity contribution in [3.8, 4) is 6.07 Å². The maximum Gasteiger partial charge on any atom is 0.128 e. The Balaban J connectivity index is 1.91. The molecule has 1 saturated heterocycles. The van der Waals surface area contributed by atoms with Crippen LogP contribution in [-0.4, -0.2) is 54.6 Å². The number of rotatable bonds is 4. The summed E-state index contributed by atoms with van der Waals surface area (Å²) in [6.07, 6.45) is 0.968. The Bertz CT molecular complexity index is 453. The highest BCUT2D eigenvalue weighted by molar-refractivity contribution is 7.12. The fraction of sp³-hybridized carbons (Fsp3) is 0.714. The van der Waals surface area contributed by atoms with Gasteiger partial charge in [0.15, 0.2) is 0 Å². The van der Waals surface area contributed by atoms with Gasteiger partial charge in [0.2, 0.25) is 0 Å². The molecule has 0 amide bonds. The number of piperazine rings is 1. The lowest BCUT2D eigenvalue weighted by molar-refractivity contribution is 0.155. The van der Waals surface area contributed by atoms with Crippen molar-refractivity contribution in [1.29, 1.82) is 5.26 Å². The summed E-state index contributed by atoms with van der Waals surface area (Å²) in [5.41, 5.74) is 0.973. The first kappa shape index (κ1) is 14.4. The van der Waals surface area contributed by atoms with E-state index in [2.05, 4.69) is 41.7 Å². The van der Waals surface area contributed by atoms with Crippen molar-refractivity contribution in [3.05, 3.63) is 15.6 Å². The molecule has 0 spiro atoms. The number of likely N-dealkylation sites (N-methyl/N-ethyl adjacent to an activating group) is 1. The summed E-state index contributed by atoms with van der Waals surface area (Å²) in [7, 11) is 2.17. The Morgan fingerprint density at radius 2 is 2.00 bits per heavy atom. The number of nitriles is 1. The maximum atomic E-state index is 9.13. The quantitative estimate of drug-likeness (QED) is 0.844. The Kier molecular flexibility index (Phi) is 4.92. The van der Waals surface area contributed by atoms with E-state index in [1.54, 1.807) is 11.3 Å². The highest BCUT2D eigenvalue weighted by atomic mass is 32.1. The normalized spacial score (nSPS) is 17.8. The van der Waals surface area contributed by atoms with Crippen molar-refractivity contribution in [2.75, 3.05) is 39.8 Å². The van der Waals surface area contributed by atoms with Crippen molar-refractivity contribution in [3.63, 3.8) is 0 Å². The predicted molar refractivity (Wildman–Crippen MR) is 78.6 cm³/mol. The van der Waals surface area contributed by atoms with Gasteiger partial charge in [0.05, 0.1) is 10.7 Å². The minimum absolute atomic E-state index is 0.336. The number of aromatic nitrogens is 1. The summed E-state index contributed by atoms with van der Waals surface area (Å²) in [6, 6.07) is 2.28. The van der Waals surface area contributed by atoms with Crippen LogP contribution in [0.15, 0.2) is 0 Å². The van der Waals surface area contributed by atoms with Crippen LogP contribution in [-0.2, 0) is 6.42 Å². The number of hydrogen-bond donors (Lipinski definition) is 0. The second kappa shape index (κ2) is 6.47. The summed E-state index contributed by atoms with van der Waals surface area (Å²) in [6.45, 7) is 9.84. The van der Waals surface area contributed by atoms with Gasteiger partial charge in [0.1, 0.15) is 10.9 Å². The molecule has 1 aromatic heterocycles. The number of thiazole rings is 1. The molecule has 0 N–H and O–H groups in total. The van der Waals surface area contributed by atoms with Crippen molar-refractivity contribution in [1.82, 2.24) is 14.8 Å². The third-order valence-corrected chi connectivity index (χ3v) is 4.62. The first-order valence-corrected chi connectivity index (χ1v) is 7.72. The molecule has 0 aliphatic carbocycles. The van der Waals surface area contributed by atoms with E-state index in [4.69, 9.17) is 5.26 Å². The van der Waals surface area contributed by atoms with Crippen LogP contribution in [0, 0.1) is 11.3 Å². The Labute approximate surface area is 119 Å². The predicted octanol–water partition coefficient (Wildman–Crippen LogP) is 1.93. The Morgan fingerprint density at radius 1 is 1.32 bits per heavy atom. The second-order valence-corrected chi connectivity index (χ2v) is 6.57. The van der Waals surface area contributed by atoms with E-state index < -0.39 is 0 Å². The van der Waals surface area contributed by atoms with Crippen LogP contribution < -0.4 is 0 Å². The van der Waals surface area contributed by atoms with E-state index >= 15 is 0 Å². The molecule has 0 unspecified atom stereocenters. The van der Waals surface area contributed by atoms with Gasteiger partial charge in [-0.1, -0.05) is 13.8 Å². The molecule has 0 radical (unpaired) electrons. The molecule has 1 fully saturated rings. The van der Waals surface area contributed by atoms with Crippen LogP contribution in [0.5, 0.6) is 0 Å². The first-order chi connectivity index (χ1) is 9.10. The lowest BCUT2D eigenvalue weighted by atomic mass is 10.1. The monoisotopic (exact) mass is 278 g/mol. The van der Waals surface area contributed by atoms with Gasteiger partial charge < -0.3 is 9.80 Å². The summed E-state index contributed by atoms with van der Waals surface area (Å²) >= 11 is 1.57. The van der Waals surface area contributed by atoms with Gasteiger partial charge in [0, 0.05) is 39.1 Å². The molecule has 19 heavy (non-hydrogen) atoms. The minimum Gasteiger partial charge on any atom is -0.304 e. The molecule has 0 atom stereocenters. The van der Waals surface area contributed by atoms with Crippen molar-refractivity contribution < 1.29 is 0 Å². The topological polar surface area (TPSA) is 43.2 Å². The third-order valence-electron chi connectivity index (χ3n) is 3.58. The lowest BCUT2D eigenvalue weighted by Gasteiger charge is -2.32. The van der Waals surface area contributed by atoms with Crippen LogP contribution in [0.2, 0.25) is 0 Å². The van der Waals surface area contributed by atoms with Gasteiger partial charge in [-0.05, 0) is 13.0 Å². The fourth-order valence-electron chi connectivity index (χ4n) is 2.28. The zero-order valence-electron chi connectivity index (χ0n) is 12.0. The molecular formula is C14H22N4S. The molecule has 4 nitrogen and oxygen atoms in total. The van der Waals surface area contributed by atoms with Gasteiger partial charge in [-0.15, -0.1) is 11.3 Å². The highest BCUT2D eigenvalue weighted by Gasteiger charge is 2.16. The largest absolute Gasteiger partial charge is 0.304 e. The molecule has 2 rings (SSSR count). The average Bonchev–Trinajstić information content (AvgIpc) is 2.81. The maximum absolute atomic E-state index is 9.13. The molecule has 0 aromatic carbocycles. The first-order valence-electron chi connectivity index (χ1n) is 6.90. The Morgan fingerprint density at radius 3 is 2.53 bits per heavy atom. The smallest absolute Gasteiger partial charge is 0.128 e. The Hall–Kier alpha value is -0.960. The zero-order chi connectivity index (χ0) is 13.8. The van der Waals surface area contributed by atoms with Gasteiger partial charge in [-0.25, -0.2) is 4.98 Å². The highest BCUT2D eigenvalue weighted by Crippen LogP contribution is 2.24. The average molecular weight is 278 g/mol. The van der Waals surface area contributed by atoms with E-state index in [9.17, 15) is 0 Å². The van der Waals surface area contributed by atoms with E-state index in [1.165, 1.54) is 0 Å². The van der Waals surface area contributed by atoms with Gasteiger partial charge in [-0.2, -0.15) is 5.26 Å². The van der Waals surface area contributed by atoms with E-state index in [0.717, 1.165) is 54.7 Å². The van der Waals surface area contributed by atoms with Crippen LogP contribution in [0.25, 0.3) is 0 Å². The summed E-state index contributed by atoms with van der Waals surface area (Å²) in [5, 5.41) is 10.2. The van der Waals surface area contributed by atoms with Crippen LogP contribution >= 0.6 is 11.3 Å². The van der Waals surface area contributed by atoms with Crippen LogP contribution in [0.4, 0.5) is 0 Å². The van der Waals surface area contributed by atoms with Crippen LogP contribution in [0.3, 0.4) is 0 Å². The van der Waals surface area contributed by atoms with Crippen molar-refractivity contribution in [2.45, 2.75) is 26.2 Å². The molecule has 1 aromatic rings. The summed E-state index contributed by atoms with van der Waals surface area (Å²) < 4.78 is 0. The fourth-order valence-corrected chi connectivity index (χ4v) is 3.29. The van der Waals surface area contributed by atoms with Gasteiger partial charge in [-0.3, -0.25) is 0 Å². The standard InChI is InChI=1S/C14H22N4S/c1-11(2)14-12(10-15)19-13(16-14)4-5-18-8-6-17(3)7-9-18/h11H,4-9H2,1-3H3.